The fraction of sp³-hybridized carbons (Fsp3) is 0.417. The summed E-state index contributed by atoms with van der Waals surface area (Å²) in [5, 5.41) is 2.75. The summed E-state index contributed by atoms with van der Waals surface area (Å²) in [4.78, 5) is 5.91. The van der Waals surface area contributed by atoms with Gasteiger partial charge in [-0.1, -0.05) is 206 Å². The Kier molecular flexibility index (Phi) is 9.80. The van der Waals surface area contributed by atoms with Crippen LogP contribution in [0.15, 0.2) is 133 Å². The van der Waals surface area contributed by atoms with Crippen LogP contribution >= 0.6 is 0 Å². The topological polar surface area (TPSA) is 11.4 Å². The minimum atomic E-state index is -0.234. The van der Waals surface area contributed by atoms with Crippen molar-refractivity contribution in [2.24, 2.45) is 0 Å². The second kappa shape index (κ2) is 15.4. The molecule has 2 fully saturated rings. The standard InChI is InChI=1S/C72H80BN3/c1-65(2,3)47-29-31-58-52(37-47)53-38-49(67(7,8)9)41-56-63(53)74(58)60-43-51(75-59-32-30-48(66(4,5)6)39-54(59)71(45-25-17-15-18-26-45)35-23-21-33-69(71,75)13)44-61-62(60)73(56)57-42-50(68(10,11)12)40-55-64(57)76(61)70(14)34-22-24-36-72(55,70)46-27-19-16-20-28-46/h15-20,25-32,37-44H,21-24,33-36H2,1-14H3. The van der Waals surface area contributed by atoms with E-state index in [9.17, 15) is 0 Å². The second-order valence-electron chi connectivity index (χ2n) is 29.2. The molecule has 0 saturated heterocycles. The van der Waals surface area contributed by atoms with Gasteiger partial charge >= 0.3 is 0 Å². The van der Waals surface area contributed by atoms with E-state index in [1.54, 1.807) is 5.56 Å². The third kappa shape index (κ3) is 6.08. The largest absolute Gasteiger partial charge is 0.335 e. The summed E-state index contributed by atoms with van der Waals surface area (Å²) in [7, 11) is 0. The molecule has 4 aliphatic heterocycles. The van der Waals surface area contributed by atoms with Crippen molar-refractivity contribution < 1.29 is 0 Å². The summed E-state index contributed by atoms with van der Waals surface area (Å²) < 4.78 is 2.77. The molecule has 386 valence electrons. The first-order chi connectivity index (χ1) is 35.9. The molecule has 4 unspecified atom stereocenters. The Balaban J connectivity index is 1.17. The Bertz CT molecular complexity index is 3760. The number of benzene rings is 7. The minimum Gasteiger partial charge on any atom is -0.335 e. The lowest BCUT2D eigenvalue weighted by molar-refractivity contribution is 0.214. The van der Waals surface area contributed by atoms with E-state index in [2.05, 4.69) is 245 Å². The summed E-state index contributed by atoms with van der Waals surface area (Å²) >= 11 is 0. The van der Waals surface area contributed by atoms with Gasteiger partial charge < -0.3 is 14.4 Å². The van der Waals surface area contributed by atoms with E-state index >= 15 is 0 Å². The third-order valence-electron chi connectivity index (χ3n) is 20.9. The molecule has 6 aliphatic rings. The average Bonchev–Trinajstić information content (AvgIpc) is 3.82. The number of anilines is 4. The van der Waals surface area contributed by atoms with Gasteiger partial charge in [0.05, 0.1) is 16.6 Å². The first kappa shape index (κ1) is 48.4. The predicted octanol–water partition coefficient (Wildman–Crippen LogP) is 16.7. The van der Waals surface area contributed by atoms with Gasteiger partial charge in [-0.15, -0.1) is 0 Å². The molecular weight excluding hydrogens is 918 g/mol. The molecule has 2 saturated carbocycles. The molecule has 0 radical (unpaired) electrons. The van der Waals surface area contributed by atoms with Crippen molar-refractivity contribution >= 4 is 67.7 Å². The molecule has 0 amide bonds. The van der Waals surface area contributed by atoms with Gasteiger partial charge in [-0.05, 0) is 158 Å². The predicted molar refractivity (Wildman–Crippen MR) is 326 cm³/mol. The normalized spacial score (nSPS) is 24.4. The fourth-order valence-electron chi connectivity index (χ4n) is 17.0. The van der Waals surface area contributed by atoms with Crippen LogP contribution in [0.25, 0.3) is 27.5 Å². The number of hydrogen-bond acceptors (Lipinski definition) is 2. The number of hydrogen-bond donors (Lipinski definition) is 0. The zero-order valence-electron chi connectivity index (χ0n) is 48.3. The van der Waals surface area contributed by atoms with Crippen molar-refractivity contribution in [3.8, 4) is 5.69 Å². The lowest BCUT2D eigenvalue weighted by Gasteiger charge is -2.54. The molecule has 0 N–H and O–H groups in total. The molecule has 5 heterocycles. The maximum Gasteiger partial charge on any atom is 0.252 e. The summed E-state index contributed by atoms with van der Waals surface area (Å²) in [5.41, 5.74) is 24.8. The van der Waals surface area contributed by atoms with Crippen LogP contribution in [0.5, 0.6) is 0 Å². The Morgan fingerprint density at radius 1 is 0.421 bits per heavy atom. The van der Waals surface area contributed by atoms with E-state index in [4.69, 9.17) is 0 Å². The van der Waals surface area contributed by atoms with Gasteiger partial charge in [0, 0.05) is 55.6 Å². The van der Waals surface area contributed by atoms with E-state index in [1.807, 2.05) is 0 Å². The number of aromatic nitrogens is 1. The fourth-order valence-corrected chi connectivity index (χ4v) is 17.0. The van der Waals surface area contributed by atoms with Crippen molar-refractivity contribution in [1.82, 2.24) is 4.57 Å². The van der Waals surface area contributed by atoms with Crippen molar-refractivity contribution in [3.05, 3.63) is 178 Å². The van der Waals surface area contributed by atoms with Gasteiger partial charge in [-0.25, -0.2) is 0 Å². The Hall–Kier alpha value is -6.00. The highest BCUT2D eigenvalue weighted by atomic mass is 15.3. The lowest BCUT2D eigenvalue weighted by Crippen LogP contribution is -2.64. The minimum absolute atomic E-state index is 0.00451. The molecule has 3 nitrogen and oxygen atoms in total. The SMILES string of the molecule is CC(C)(C)c1ccc2c(c1)C1(c3ccccc3)CCCCC1(C)N2c1cc2c3c(c1)-n1c4ccc(C(C)(C)C)cc4c4cc(C(C)(C)C)cc(c41)B3c1cc(C(C)(C)C)cc3c1N2C1(C)CCCCC31c1ccccc1. The summed E-state index contributed by atoms with van der Waals surface area (Å²) in [5.74, 6) is 0. The zero-order valence-corrected chi connectivity index (χ0v) is 48.3. The maximum absolute atomic E-state index is 3.00. The van der Waals surface area contributed by atoms with Crippen molar-refractivity contribution in [3.63, 3.8) is 0 Å². The molecule has 4 atom stereocenters. The second-order valence-corrected chi connectivity index (χ2v) is 29.2. The number of rotatable bonds is 3. The van der Waals surface area contributed by atoms with Crippen LogP contribution in [0.4, 0.5) is 22.7 Å². The van der Waals surface area contributed by atoms with Crippen molar-refractivity contribution in [2.45, 2.75) is 192 Å². The third-order valence-corrected chi connectivity index (χ3v) is 20.9. The molecule has 14 rings (SSSR count). The first-order valence-corrected chi connectivity index (χ1v) is 29.3. The molecule has 8 aromatic rings. The molecule has 1 aromatic heterocycles. The maximum atomic E-state index is 3.00. The van der Waals surface area contributed by atoms with Crippen LogP contribution in [0, 0.1) is 0 Å². The van der Waals surface area contributed by atoms with E-state index < -0.39 is 0 Å². The quantitative estimate of drug-likeness (QED) is 0.163. The lowest BCUT2D eigenvalue weighted by atomic mass is 9.33. The van der Waals surface area contributed by atoms with Crippen LogP contribution in [-0.4, -0.2) is 22.4 Å². The van der Waals surface area contributed by atoms with Gasteiger partial charge in [0.1, 0.15) is 0 Å². The summed E-state index contributed by atoms with van der Waals surface area (Å²) in [6, 6.07) is 54.8. The van der Waals surface area contributed by atoms with Gasteiger partial charge in [0.2, 0.25) is 0 Å². The Morgan fingerprint density at radius 3 is 1.51 bits per heavy atom. The highest BCUT2D eigenvalue weighted by molar-refractivity contribution is 7.00. The van der Waals surface area contributed by atoms with E-state index in [1.165, 1.54) is 131 Å². The average molecular weight is 998 g/mol. The van der Waals surface area contributed by atoms with Crippen LogP contribution in [0.3, 0.4) is 0 Å². The molecule has 7 aromatic carbocycles. The smallest absolute Gasteiger partial charge is 0.252 e. The monoisotopic (exact) mass is 998 g/mol. The molecule has 0 spiro atoms. The summed E-state index contributed by atoms with van der Waals surface area (Å²) in [6.07, 6.45) is 9.36. The van der Waals surface area contributed by atoms with Crippen LogP contribution in [0.2, 0.25) is 0 Å². The van der Waals surface area contributed by atoms with E-state index in [0.717, 1.165) is 25.7 Å². The van der Waals surface area contributed by atoms with Crippen LogP contribution < -0.4 is 26.2 Å². The Morgan fingerprint density at radius 2 is 0.908 bits per heavy atom. The molecular formula is C72H80BN3. The Labute approximate surface area is 455 Å². The van der Waals surface area contributed by atoms with Crippen LogP contribution in [-0.2, 0) is 32.5 Å². The number of fused-ring (bicyclic) bond motifs is 13. The van der Waals surface area contributed by atoms with Gasteiger partial charge in [0.15, 0.2) is 0 Å². The van der Waals surface area contributed by atoms with Crippen LogP contribution in [0.1, 0.15) is 193 Å². The molecule has 0 bridgehead atoms. The first-order valence-electron chi connectivity index (χ1n) is 29.3. The van der Waals surface area contributed by atoms with Crippen molar-refractivity contribution in [2.75, 3.05) is 9.80 Å². The van der Waals surface area contributed by atoms with E-state index in [0.29, 0.717) is 0 Å². The highest BCUT2D eigenvalue weighted by Gasteiger charge is 2.66. The van der Waals surface area contributed by atoms with Gasteiger partial charge in [-0.3, -0.25) is 0 Å². The number of nitrogens with zero attached hydrogens (tertiary/aromatic N) is 3. The van der Waals surface area contributed by atoms with Crippen molar-refractivity contribution in [1.29, 1.82) is 0 Å². The zero-order chi connectivity index (χ0) is 53.1. The van der Waals surface area contributed by atoms with Gasteiger partial charge in [0.25, 0.3) is 6.71 Å². The van der Waals surface area contributed by atoms with Gasteiger partial charge in [-0.2, -0.15) is 0 Å². The molecule has 76 heavy (non-hydrogen) atoms. The molecule has 4 heteroatoms. The highest BCUT2D eigenvalue weighted by Crippen LogP contribution is 2.67. The van der Waals surface area contributed by atoms with E-state index in [-0.39, 0.29) is 50.3 Å². The summed E-state index contributed by atoms with van der Waals surface area (Å²) in [6.45, 7) is 34.3. The molecule has 2 aliphatic carbocycles.